The van der Waals surface area contributed by atoms with Crippen molar-refractivity contribution in [3.8, 4) is 5.75 Å². The zero-order valence-corrected chi connectivity index (χ0v) is 16.6. The van der Waals surface area contributed by atoms with Gasteiger partial charge in [-0.05, 0) is 37.1 Å². The normalized spacial score (nSPS) is 20.5. The van der Waals surface area contributed by atoms with Gasteiger partial charge in [-0.3, -0.25) is 9.69 Å². The van der Waals surface area contributed by atoms with Crippen molar-refractivity contribution in [2.45, 2.75) is 33.6 Å². The summed E-state index contributed by atoms with van der Waals surface area (Å²) in [6, 6.07) is 2.50. The molecule has 3 heterocycles. The molecule has 4 rings (SSSR count). The Morgan fingerprint density at radius 2 is 1.83 bits per heavy atom. The van der Waals surface area contributed by atoms with E-state index in [4.69, 9.17) is 0 Å². The van der Waals surface area contributed by atoms with Gasteiger partial charge in [-0.1, -0.05) is 19.9 Å². The van der Waals surface area contributed by atoms with Crippen LogP contribution in [0.1, 0.15) is 31.7 Å². The lowest BCUT2D eigenvalue weighted by atomic mass is 9.75. The fraction of sp³-hybridized carbons (Fsp3) is 0.333. The van der Waals surface area contributed by atoms with Crippen molar-refractivity contribution in [3.63, 3.8) is 0 Å². The highest BCUT2D eigenvalue weighted by Gasteiger charge is 2.51. The number of nitrogens with zero attached hydrogens (tertiary/aromatic N) is 4. The molecule has 9 heteroatoms. The second-order valence-corrected chi connectivity index (χ2v) is 7.80. The molecule has 0 spiro atoms. The van der Waals surface area contributed by atoms with Crippen LogP contribution in [0.5, 0.6) is 5.75 Å². The highest BCUT2D eigenvalue weighted by atomic mass is 19.4. The van der Waals surface area contributed by atoms with Crippen LogP contribution in [0, 0.1) is 18.3 Å². The summed E-state index contributed by atoms with van der Waals surface area (Å²) in [4.78, 5) is 27.2. The van der Waals surface area contributed by atoms with E-state index in [-0.39, 0.29) is 17.6 Å². The number of carbonyl (C=O) groups excluding carboxylic acids is 1. The van der Waals surface area contributed by atoms with Gasteiger partial charge in [-0.2, -0.15) is 0 Å². The van der Waals surface area contributed by atoms with Crippen molar-refractivity contribution in [2.75, 3.05) is 4.90 Å². The summed E-state index contributed by atoms with van der Waals surface area (Å²) < 4.78 is 41.1. The monoisotopic (exact) mass is 416 g/mol. The summed E-state index contributed by atoms with van der Waals surface area (Å²) >= 11 is 0. The van der Waals surface area contributed by atoms with E-state index in [1.807, 2.05) is 19.9 Å². The summed E-state index contributed by atoms with van der Waals surface area (Å²) in [5.74, 6) is 0.227. The number of carbonyl (C=O) groups is 1. The molecule has 1 aliphatic carbocycles. The number of anilines is 1. The van der Waals surface area contributed by atoms with E-state index in [9.17, 15) is 18.0 Å². The fourth-order valence-corrected chi connectivity index (χ4v) is 3.80. The fourth-order valence-electron chi connectivity index (χ4n) is 3.80. The summed E-state index contributed by atoms with van der Waals surface area (Å²) in [5.41, 5.74) is 1.78. The van der Waals surface area contributed by atoms with Gasteiger partial charge < -0.3 is 4.74 Å². The molecule has 1 atom stereocenters. The molecule has 0 N–H and O–H groups in total. The van der Waals surface area contributed by atoms with E-state index in [2.05, 4.69) is 25.8 Å². The number of hydrogen-bond acceptors (Lipinski definition) is 5. The Labute approximate surface area is 171 Å². The number of aromatic nitrogens is 3. The summed E-state index contributed by atoms with van der Waals surface area (Å²) in [6.07, 6.45) is 4.19. The molecule has 1 unspecified atom stereocenters. The molecule has 0 aromatic carbocycles. The van der Waals surface area contributed by atoms with Gasteiger partial charge in [-0.25, -0.2) is 15.0 Å². The number of aryl methyl sites for hydroxylation is 1. The number of amides is 1. The van der Waals surface area contributed by atoms with E-state index in [0.717, 1.165) is 29.1 Å². The third-order valence-electron chi connectivity index (χ3n) is 5.42. The summed E-state index contributed by atoms with van der Waals surface area (Å²) in [6.45, 7) is 5.52. The first kappa shape index (κ1) is 20.1. The van der Waals surface area contributed by atoms with Crippen LogP contribution in [-0.4, -0.2) is 27.2 Å². The van der Waals surface area contributed by atoms with Crippen LogP contribution in [0.25, 0.3) is 5.57 Å². The first-order valence-electron chi connectivity index (χ1n) is 9.33. The molecule has 6 nitrogen and oxygen atoms in total. The zero-order chi connectivity index (χ0) is 21.7. The van der Waals surface area contributed by atoms with Gasteiger partial charge in [-0.15, -0.1) is 13.2 Å². The Hall–Kier alpha value is -3.23. The van der Waals surface area contributed by atoms with Crippen LogP contribution in [0.15, 0.2) is 48.6 Å². The first-order valence-corrected chi connectivity index (χ1v) is 9.33. The first-order chi connectivity index (χ1) is 14.1. The SMILES string of the molecule is Cc1ncc(C2=CCC3C(=C2)N(c2ccc(OC(F)(F)F)cn2)C(=O)C3(C)C)cn1. The number of halogens is 3. The minimum absolute atomic E-state index is 0.0759. The second-order valence-electron chi connectivity index (χ2n) is 7.80. The van der Waals surface area contributed by atoms with Crippen molar-refractivity contribution in [3.05, 3.63) is 60.0 Å². The van der Waals surface area contributed by atoms with Crippen LogP contribution in [0.4, 0.5) is 19.0 Å². The molecule has 156 valence electrons. The molecular weight excluding hydrogens is 397 g/mol. The maximum absolute atomic E-state index is 13.2. The number of allylic oxidation sites excluding steroid dienone is 4. The Kier molecular flexibility index (Phi) is 4.63. The molecule has 2 aromatic heterocycles. The van der Waals surface area contributed by atoms with Crippen molar-refractivity contribution in [1.29, 1.82) is 0 Å². The molecule has 0 radical (unpaired) electrons. The molecule has 1 saturated heterocycles. The number of hydrogen-bond donors (Lipinski definition) is 0. The van der Waals surface area contributed by atoms with Crippen molar-refractivity contribution >= 4 is 17.3 Å². The van der Waals surface area contributed by atoms with E-state index in [0.29, 0.717) is 12.2 Å². The average molecular weight is 416 g/mol. The predicted octanol–water partition coefficient (Wildman–Crippen LogP) is 4.44. The molecule has 1 fully saturated rings. The van der Waals surface area contributed by atoms with Gasteiger partial charge in [0, 0.05) is 29.6 Å². The van der Waals surface area contributed by atoms with Crippen molar-refractivity contribution < 1.29 is 22.7 Å². The molecule has 1 aliphatic heterocycles. The standard InChI is InChI=1S/C21H19F3N4O2/c1-12-25-9-14(10-26-12)13-4-6-16-17(8-13)28(19(29)20(16,2)3)18-7-5-15(11-27-18)30-21(22,23)24/h4-5,7-11,16H,6H2,1-3H3. The average Bonchev–Trinajstić information content (AvgIpc) is 2.88. The third kappa shape index (κ3) is 3.55. The lowest BCUT2D eigenvalue weighted by Gasteiger charge is -2.25. The smallest absolute Gasteiger partial charge is 0.404 e. The van der Waals surface area contributed by atoms with Crippen LogP contribution in [0.2, 0.25) is 0 Å². The zero-order valence-electron chi connectivity index (χ0n) is 16.6. The molecule has 0 bridgehead atoms. The minimum atomic E-state index is -4.80. The lowest BCUT2D eigenvalue weighted by molar-refractivity contribution is -0.274. The Morgan fingerprint density at radius 1 is 1.13 bits per heavy atom. The Bertz CT molecular complexity index is 1040. The largest absolute Gasteiger partial charge is 0.573 e. The Balaban J connectivity index is 1.71. The highest BCUT2D eigenvalue weighted by molar-refractivity contribution is 6.04. The van der Waals surface area contributed by atoms with Gasteiger partial charge in [0.15, 0.2) is 0 Å². The number of pyridine rings is 1. The predicted molar refractivity (Wildman–Crippen MR) is 103 cm³/mol. The highest BCUT2D eigenvalue weighted by Crippen LogP contribution is 2.50. The maximum atomic E-state index is 13.2. The van der Waals surface area contributed by atoms with Crippen LogP contribution in [-0.2, 0) is 4.79 Å². The van der Waals surface area contributed by atoms with Crippen molar-refractivity contribution in [2.24, 2.45) is 11.3 Å². The molecule has 30 heavy (non-hydrogen) atoms. The summed E-state index contributed by atoms with van der Waals surface area (Å²) in [7, 11) is 0. The topological polar surface area (TPSA) is 68.2 Å². The number of ether oxygens (including phenoxy) is 1. The summed E-state index contributed by atoms with van der Waals surface area (Å²) in [5, 5.41) is 0. The van der Waals surface area contributed by atoms with E-state index < -0.39 is 17.5 Å². The van der Waals surface area contributed by atoms with E-state index >= 15 is 0 Å². The lowest BCUT2D eigenvalue weighted by Crippen LogP contribution is -2.31. The van der Waals surface area contributed by atoms with E-state index in [1.165, 1.54) is 11.0 Å². The van der Waals surface area contributed by atoms with Gasteiger partial charge in [0.2, 0.25) is 5.91 Å². The number of alkyl halides is 3. The molecule has 1 amide bonds. The number of rotatable bonds is 3. The third-order valence-corrected chi connectivity index (χ3v) is 5.42. The van der Waals surface area contributed by atoms with Crippen LogP contribution < -0.4 is 9.64 Å². The maximum Gasteiger partial charge on any atom is 0.573 e. The molecule has 0 saturated carbocycles. The van der Waals surface area contributed by atoms with Crippen LogP contribution in [0.3, 0.4) is 0 Å². The van der Waals surface area contributed by atoms with Gasteiger partial charge in [0.1, 0.15) is 17.4 Å². The quantitative estimate of drug-likeness (QED) is 0.740. The van der Waals surface area contributed by atoms with Crippen LogP contribution >= 0.6 is 0 Å². The van der Waals surface area contributed by atoms with Crippen molar-refractivity contribution in [1.82, 2.24) is 15.0 Å². The van der Waals surface area contributed by atoms with Gasteiger partial charge in [0.25, 0.3) is 0 Å². The minimum Gasteiger partial charge on any atom is -0.404 e. The number of fused-ring (bicyclic) bond motifs is 1. The van der Waals surface area contributed by atoms with Gasteiger partial charge in [0.05, 0.1) is 11.6 Å². The van der Waals surface area contributed by atoms with E-state index in [1.54, 1.807) is 19.3 Å². The molecular formula is C21H19F3N4O2. The second kappa shape index (κ2) is 6.93. The molecule has 2 aromatic rings. The Morgan fingerprint density at radius 3 is 2.43 bits per heavy atom. The van der Waals surface area contributed by atoms with Gasteiger partial charge >= 0.3 is 6.36 Å². The molecule has 2 aliphatic rings.